The van der Waals surface area contributed by atoms with Crippen molar-refractivity contribution in [3.8, 4) is 11.3 Å². The van der Waals surface area contributed by atoms with Gasteiger partial charge in [-0.3, -0.25) is 0 Å². The Morgan fingerprint density at radius 3 is 2.65 bits per heavy atom. The Hall–Kier alpha value is -1.63. The summed E-state index contributed by atoms with van der Waals surface area (Å²) in [5.41, 5.74) is 4.71. The second-order valence-electron chi connectivity index (χ2n) is 4.38. The van der Waals surface area contributed by atoms with Gasteiger partial charge in [0.1, 0.15) is 7.05 Å². The number of nitrogens with zero attached hydrogens (tertiary/aromatic N) is 1. The molecule has 2 rings (SSSR count). The summed E-state index contributed by atoms with van der Waals surface area (Å²) in [7, 11) is 1.90. The highest BCUT2D eigenvalue weighted by molar-refractivity contribution is 5.61. The minimum absolute atomic E-state index is 0.444. The van der Waals surface area contributed by atoms with Crippen LogP contribution in [0.2, 0.25) is 0 Å². The standard InChI is InChI=1S/C16H20N/c1-5-14-10-16(17(4)11-13(14)3)15-9-7-6-8-12(15)2/h6-11H,5H2,1-4H3/q+1/i3D3. The van der Waals surface area contributed by atoms with Crippen molar-refractivity contribution in [2.45, 2.75) is 27.1 Å². The van der Waals surface area contributed by atoms with Crippen LogP contribution in [-0.2, 0) is 13.5 Å². The maximum atomic E-state index is 7.65. The van der Waals surface area contributed by atoms with Gasteiger partial charge in [0.15, 0.2) is 6.20 Å². The summed E-state index contributed by atoms with van der Waals surface area (Å²) in [5.74, 6) is 0. The predicted molar refractivity (Wildman–Crippen MR) is 71.9 cm³/mol. The highest BCUT2D eigenvalue weighted by atomic mass is 14.9. The molecule has 0 spiro atoms. The van der Waals surface area contributed by atoms with Crippen molar-refractivity contribution < 1.29 is 8.68 Å². The molecular weight excluding hydrogens is 206 g/mol. The van der Waals surface area contributed by atoms with Gasteiger partial charge in [0.25, 0.3) is 0 Å². The predicted octanol–water partition coefficient (Wildman–Crippen LogP) is 3.36. The third kappa shape index (κ3) is 2.23. The number of benzene rings is 1. The minimum atomic E-state index is -2.06. The average Bonchev–Trinajstić information content (AvgIpc) is 2.38. The Balaban J connectivity index is 2.66. The van der Waals surface area contributed by atoms with Crippen LogP contribution in [0.15, 0.2) is 36.5 Å². The van der Waals surface area contributed by atoms with Crippen molar-refractivity contribution in [3.63, 3.8) is 0 Å². The lowest BCUT2D eigenvalue weighted by atomic mass is 10.0. The first-order valence-electron chi connectivity index (χ1n) is 7.43. The molecular formula is C16H20N+. The molecule has 1 heterocycles. The second-order valence-corrected chi connectivity index (χ2v) is 4.38. The molecule has 0 radical (unpaired) electrons. The smallest absolute Gasteiger partial charge is 0.201 e. The summed E-state index contributed by atoms with van der Waals surface area (Å²) in [6.45, 7) is 2.00. The molecule has 0 saturated heterocycles. The van der Waals surface area contributed by atoms with Crippen molar-refractivity contribution in [2.75, 3.05) is 0 Å². The first-order valence-corrected chi connectivity index (χ1v) is 5.93. The monoisotopic (exact) mass is 229 g/mol. The van der Waals surface area contributed by atoms with E-state index in [0.29, 0.717) is 12.0 Å². The zero-order valence-corrected chi connectivity index (χ0v) is 10.6. The quantitative estimate of drug-likeness (QED) is 0.695. The van der Waals surface area contributed by atoms with Crippen LogP contribution in [0.5, 0.6) is 0 Å². The Labute approximate surface area is 108 Å². The molecule has 1 aromatic heterocycles. The van der Waals surface area contributed by atoms with E-state index >= 15 is 0 Å². The fraction of sp³-hybridized carbons (Fsp3) is 0.312. The van der Waals surface area contributed by atoms with Crippen LogP contribution in [-0.4, -0.2) is 0 Å². The van der Waals surface area contributed by atoms with Crippen LogP contribution in [0.1, 0.15) is 27.7 Å². The lowest BCUT2D eigenvalue weighted by Gasteiger charge is -2.07. The van der Waals surface area contributed by atoms with E-state index < -0.39 is 6.85 Å². The summed E-state index contributed by atoms with van der Waals surface area (Å²) in [5, 5.41) is 0. The minimum Gasteiger partial charge on any atom is -0.201 e. The zero-order valence-electron chi connectivity index (χ0n) is 13.6. The van der Waals surface area contributed by atoms with Gasteiger partial charge in [0, 0.05) is 21.3 Å². The molecule has 0 amide bonds. The Kier molecular flexibility index (Phi) is 2.34. The van der Waals surface area contributed by atoms with Crippen LogP contribution in [0.25, 0.3) is 11.3 Å². The highest BCUT2D eigenvalue weighted by Crippen LogP contribution is 2.21. The summed E-state index contributed by atoms with van der Waals surface area (Å²) in [6.07, 6.45) is 2.46. The van der Waals surface area contributed by atoms with Crippen LogP contribution in [0, 0.1) is 13.8 Å². The second kappa shape index (κ2) is 4.70. The number of hydrogen-bond acceptors (Lipinski definition) is 0. The van der Waals surface area contributed by atoms with Crippen LogP contribution < -0.4 is 4.57 Å². The van der Waals surface area contributed by atoms with Gasteiger partial charge < -0.3 is 0 Å². The van der Waals surface area contributed by atoms with E-state index in [-0.39, 0.29) is 0 Å². The maximum Gasteiger partial charge on any atom is 0.212 e. The molecule has 0 fully saturated rings. The molecule has 0 unspecified atom stereocenters. The number of hydrogen-bond donors (Lipinski definition) is 0. The van der Waals surface area contributed by atoms with Crippen LogP contribution in [0.4, 0.5) is 0 Å². The molecule has 0 aliphatic heterocycles. The Bertz CT molecular complexity index is 630. The molecule has 0 aliphatic carbocycles. The number of aromatic nitrogens is 1. The molecule has 0 atom stereocenters. The van der Waals surface area contributed by atoms with E-state index in [1.54, 1.807) is 6.20 Å². The van der Waals surface area contributed by atoms with E-state index in [1.165, 1.54) is 5.56 Å². The number of aryl methyl sites for hydroxylation is 4. The van der Waals surface area contributed by atoms with Gasteiger partial charge in [-0.05, 0) is 37.4 Å². The van der Waals surface area contributed by atoms with E-state index in [2.05, 4.69) is 19.1 Å². The number of rotatable bonds is 2. The first-order chi connectivity index (χ1) is 9.34. The van der Waals surface area contributed by atoms with Crippen molar-refractivity contribution in [1.82, 2.24) is 0 Å². The van der Waals surface area contributed by atoms with Crippen LogP contribution in [0.3, 0.4) is 0 Å². The van der Waals surface area contributed by atoms with E-state index in [9.17, 15) is 0 Å². The zero-order chi connectivity index (χ0) is 14.9. The van der Waals surface area contributed by atoms with Gasteiger partial charge in [-0.15, -0.1) is 0 Å². The summed E-state index contributed by atoms with van der Waals surface area (Å²) in [6, 6.07) is 10.2. The molecule has 0 saturated carbocycles. The number of pyridine rings is 1. The molecule has 1 nitrogen and oxygen atoms in total. The Morgan fingerprint density at radius 2 is 2.00 bits per heavy atom. The summed E-state index contributed by atoms with van der Waals surface area (Å²) >= 11 is 0. The molecule has 88 valence electrons. The third-order valence-corrected chi connectivity index (χ3v) is 3.16. The maximum absolute atomic E-state index is 7.65. The summed E-state index contributed by atoms with van der Waals surface area (Å²) < 4.78 is 24.9. The Morgan fingerprint density at radius 1 is 1.24 bits per heavy atom. The molecule has 0 N–H and O–H groups in total. The lowest BCUT2D eigenvalue weighted by Crippen LogP contribution is -2.31. The van der Waals surface area contributed by atoms with E-state index in [1.807, 2.05) is 36.7 Å². The fourth-order valence-corrected chi connectivity index (χ4v) is 2.11. The molecule has 2 aromatic rings. The topological polar surface area (TPSA) is 3.88 Å². The molecule has 0 aliphatic rings. The summed E-state index contributed by atoms with van der Waals surface area (Å²) in [4.78, 5) is 0. The van der Waals surface area contributed by atoms with Gasteiger partial charge >= 0.3 is 0 Å². The van der Waals surface area contributed by atoms with Crippen molar-refractivity contribution in [1.29, 1.82) is 0 Å². The third-order valence-electron chi connectivity index (χ3n) is 3.16. The molecule has 1 heteroatoms. The molecule has 17 heavy (non-hydrogen) atoms. The average molecular weight is 229 g/mol. The molecule has 0 bridgehead atoms. The van der Waals surface area contributed by atoms with Gasteiger partial charge in [-0.25, -0.2) is 4.57 Å². The highest BCUT2D eigenvalue weighted by Gasteiger charge is 2.14. The van der Waals surface area contributed by atoms with Crippen molar-refractivity contribution >= 4 is 0 Å². The van der Waals surface area contributed by atoms with E-state index in [0.717, 1.165) is 16.8 Å². The van der Waals surface area contributed by atoms with Crippen molar-refractivity contribution in [3.05, 3.63) is 53.2 Å². The van der Waals surface area contributed by atoms with Gasteiger partial charge in [0.05, 0.1) is 0 Å². The lowest BCUT2D eigenvalue weighted by molar-refractivity contribution is -0.660. The van der Waals surface area contributed by atoms with Gasteiger partial charge in [-0.1, -0.05) is 25.1 Å². The van der Waals surface area contributed by atoms with Crippen LogP contribution >= 0.6 is 0 Å². The van der Waals surface area contributed by atoms with Gasteiger partial charge in [0.2, 0.25) is 5.69 Å². The largest absolute Gasteiger partial charge is 0.212 e. The molecule has 1 aromatic carbocycles. The van der Waals surface area contributed by atoms with E-state index in [4.69, 9.17) is 4.11 Å². The fourth-order valence-electron chi connectivity index (χ4n) is 2.11. The van der Waals surface area contributed by atoms with Crippen molar-refractivity contribution in [2.24, 2.45) is 7.05 Å². The SMILES string of the molecule is [2H]C([2H])([2H])c1c[n+](C)c(-c2ccccc2C)cc1CC. The first kappa shape index (κ1) is 8.46. The normalized spacial score (nSPS) is 13.9. The van der Waals surface area contributed by atoms with Gasteiger partial charge in [-0.2, -0.15) is 0 Å².